The molecule has 0 fully saturated rings. The largest absolute Gasteiger partial charge is 0.481 e. The molecule has 0 radical (unpaired) electrons. The van der Waals surface area contributed by atoms with Gasteiger partial charge < -0.3 is 10.2 Å². The fraction of sp³-hybridized carbons (Fsp3) is 0.286. The van der Waals surface area contributed by atoms with Crippen LogP contribution in [-0.4, -0.2) is 22.2 Å². The van der Waals surface area contributed by atoms with Crippen molar-refractivity contribution >= 4 is 11.9 Å². The Bertz CT molecular complexity index is 515. The molecule has 0 aliphatic rings. The van der Waals surface area contributed by atoms with E-state index in [2.05, 4.69) is 11.8 Å². The standard InChI is InChI=1S/C14H14O4/c1-14(2,13(17)18)11-8-6-10(7-9-11)4-3-5-12(15)16/h6-9H,5H2,1-2H3,(H,15,16)(H,17,18). The lowest BCUT2D eigenvalue weighted by Crippen LogP contribution is -2.28. The molecule has 0 unspecified atom stereocenters. The van der Waals surface area contributed by atoms with E-state index in [-0.39, 0.29) is 6.42 Å². The van der Waals surface area contributed by atoms with Crippen molar-refractivity contribution in [2.75, 3.05) is 0 Å². The van der Waals surface area contributed by atoms with Gasteiger partial charge in [-0.25, -0.2) is 0 Å². The first-order valence-corrected chi connectivity index (χ1v) is 5.38. The summed E-state index contributed by atoms with van der Waals surface area (Å²) < 4.78 is 0. The molecule has 4 nitrogen and oxygen atoms in total. The van der Waals surface area contributed by atoms with Crippen LogP contribution in [0.5, 0.6) is 0 Å². The molecule has 0 bridgehead atoms. The highest BCUT2D eigenvalue weighted by molar-refractivity contribution is 5.80. The van der Waals surface area contributed by atoms with E-state index in [1.807, 2.05) is 0 Å². The van der Waals surface area contributed by atoms with E-state index >= 15 is 0 Å². The summed E-state index contributed by atoms with van der Waals surface area (Å²) in [7, 11) is 0. The Labute approximate surface area is 105 Å². The minimum absolute atomic E-state index is 0.206. The highest BCUT2D eigenvalue weighted by Crippen LogP contribution is 2.23. The lowest BCUT2D eigenvalue weighted by atomic mass is 9.84. The van der Waals surface area contributed by atoms with Gasteiger partial charge in [0.1, 0.15) is 6.42 Å². The van der Waals surface area contributed by atoms with Gasteiger partial charge in [-0.05, 0) is 31.5 Å². The molecule has 0 saturated carbocycles. The fourth-order valence-corrected chi connectivity index (χ4v) is 1.32. The van der Waals surface area contributed by atoms with Crippen LogP contribution in [0.1, 0.15) is 31.4 Å². The van der Waals surface area contributed by atoms with Gasteiger partial charge in [0, 0.05) is 5.56 Å². The van der Waals surface area contributed by atoms with Crippen molar-refractivity contribution in [3.8, 4) is 11.8 Å². The van der Waals surface area contributed by atoms with Gasteiger partial charge in [-0.15, -0.1) is 0 Å². The van der Waals surface area contributed by atoms with Gasteiger partial charge in [-0.1, -0.05) is 24.0 Å². The van der Waals surface area contributed by atoms with Gasteiger partial charge >= 0.3 is 11.9 Å². The summed E-state index contributed by atoms with van der Waals surface area (Å²) in [6, 6.07) is 6.77. The number of carboxylic acids is 2. The average Bonchev–Trinajstić information content (AvgIpc) is 2.29. The molecule has 1 aromatic carbocycles. The Morgan fingerprint density at radius 2 is 1.72 bits per heavy atom. The zero-order valence-electron chi connectivity index (χ0n) is 10.2. The third-order valence-electron chi connectivity index (χ3n) is 2.61. The maximum absolute atomic E-state index is 11.1. The Hall–Kier alpha value is -2.28. The van der Waals surface area contributed by atoms with Crippen molar-refractivity contribution in [3.05, 3.63) is 35.4 Å². The van der Waals surface area contributed by atoms with Gasteiger partial charge in [0.15, 0.2) is 0 Å². The first-order chi connectivity index (χ1) is 8.34. The second-order valence-electron chi connectivity index (χ2n) is 4.38. The van der Waals surface area contributed by atoms with E-state index in [1.165, 1.54) is 0 Å². The first kappa shape index (κ1) is 13.8. The number of hydrogen-bond donors (Lipinski definition) is 2. The molecule has 2 N–H and O–H groups in total. The first-order valence-electron chi connectivity index (χ1n) is 5.38. The van der Waals surface area contributed by atoms with Crippen LogP contribution in [0.3, 0.4) is 0 Å². The van der Waals surface area contributed by atoms with Crippen molar-refractivity contribution in [2.45, 2.75) is 25.7 Å². The summed E-state index contributed by atoms with van der Waals surface area (Å²) in [5, 5.41) is 17.5. The van der Waals surface area contributed by atoms with E-state index < -0.39 is 17.4 Å². The Morgan fingerprint density at radius 1 is 1.17 bits per heavy atom. The molecular weight excluding hydrogens is 232 g/mol. The highest BCUT2D eigenvalue weighted by atomic mass is 16.4. The van der Waals surface area contributed by atoms with Crippen LogP contribution in [-0.2, 0) is 15.0 Å². The van der Waals surface area contributed by atoms with Crippen LogP contribution in [0, 0.1) is 11.8 Å². The molecular formula is C14H14O4. The van der Waals surface area contributed by atoms with Gasteiger partial charge in [0.2, 0.25) is 0 Å². The van der Waals surface area contributed by atoms with E-state index in [9.17, 15) is 9.59 Å². The van der Waals surface area contributed by atoms with E-state index in [0.717, 1.165) is 0 Å². The molecule has 0 spiro atoms. The minimum Gasteiger partial charge on any atom is -0.481 e. The number of rotatable bonds is 3. The topological polar surface area (TPSA) is 74.6 Å². The van der Waals surface area contributed by atoms with Crippen molar-refractivity contribution in [2.24, 2.45) is 0 Å². The number of carboxylic acid groups (broad SMARTS) is 2. The second-order valence-corrected chi connectivity index (χ2v) is 4.38. The zero-order chi connectivity index (χ0) is 13.8. The number of benzene rings is 1. The zero-order valence-corrected chi connectivity index (χ0v) is 10.2. The van der Waals surface area contributed by atoms with Gasteiger partial charge in [0.05, 0.1) is 5.41 Å². The third-order valence-corrected chi connectivity index (χ3v) is 2.61. The monoisotopic (exact) mass is 246 g/mol. The molecule has 0 saturated heterocycles. The molecule has 18 heavy (non-hydrogen) atoms. The number of aliphatic carboxylic acids is 2. The summed E-state index contributed by atoms with van der Waals surface area (Å²) >= 11 is 0. The second kappa shape index (κ2) is 5.37. The number of hydrogen-bond acceptors (Lipinski definition) is 2. The van der Waals surface area contributed by atoms with E-state index in [4.69, 9.17) is 10.2 Å². The maximum Gasteiger partial charge on any atom is 0.315 e. The summed E-state index contributed by atoms with van der Waals surface area (Å²) in [5.74, 6) is 3.36. The Balaban J connectivity index is 2.89. The SMILES string of the molecule is CC(C)(C(=O)O)c1ccc(C#CCC(=O)O)cc1. The van der Waals surface area contributed by atoms with Gasteiger partial charge in [0.25, 0.3) is 0 Å². The predicted molar refractivity (Wildman–Crippen MR) is 66.2 cm³/mol. The molecule has 4 heteroatoms. The van der Waals surface area contributed by atoms with E-state index in [1.54, 1.807) is 38.1 Å². The third kappa shape index (κ3) is 3.36. The van der Waals surface area contributed by atoms with Gasteiger partial charge in [-0.3, -0.25) is 9.59 Å². The van der Waals surface area contributed by atoms with Crippen LogP contribution in [0.25, 0.3) is 0 Å². The van der Waals surface area contributed by atoms with Crippen molar-refractivity contribution < 1.29 is 19.8 Å². The summed E-state index contributed by atoms with van der Waals surface area (Å²) in [6.45, 7) is 3.25. The van der Waals surface area contributed by atoms with Crippen LogP contribution < -0.4 is 0 Å². The highest BCUT2D eigenvalue weighted by Gasteiger charge is 2.28. The molecule has 0 aliphatic carbocycles. The lowest BCUT2D eigenvalue weighted by molar-refractivity contribution is -0.142. The Kier molecular flexibility index (Phi) is 4.11. The molecule has 0 aliphatic heterocycles. The molecule has 1 aromatic rings. The number of carbonyl (C=O) groups is 2. The molecule has 0 atom stereocenters. The fourth-order valence-electron chi connectivity index (χ4n) is 1.32. The van der Waals surface area contributed by atoms with Crippen LogP contribution >= 0.6 is 0 Å². The molecule has 1 rings (SSSR count). The summed E-state index contributed by atoms with van der Waals surface area (Å²) in [4.78, 5) is 21.3. The van der Waals surface area contributed by atoms with Gasteiger partial charge in [-0.2, -0.15) is 0 Å². The smallest absolute Gasteiger partial charge is 0.315 e. The molecule has 0 aromatic heterocycles. The minimum atomic E-state index is -0.967. The summed E-state index contributed by atoms with van der Waals surface area (Å²) in [6.07, 6.45) is -0.206. The van der Waals surface area contributed by atoms with Crippen molar-refractivity contribution in [1.82, 2.24) is 0 Å². The van der Waals surface area contributed by atoms with Crippen LogP contribution in [0.2, 0.25) is 0 Å². The predicted octanol–water partition coefficient (Wildman–Crippen LogP) is 1.88. The Morgan fingerprint density at radius 3 is 2.17 bits per heavy atom. The summed E-state index contributed by atoms with van der Waals surface area (Å²) in [5.41, 5.74) is 0.396. The molecule has 0 heterocycles. The molecule has 94 valence electrons. The van der Waals surface area contributed by atoms with Crippen molar-refractivity contribution in [3.63, 3.8) is 0 Å². The maximum atomic E-state index is 11.1. The van der Waals surface area contributed by atoms with Crippen LogP contribution in [0.4, 0.5) is 0 Å². The van der Waals surface area contributed by atoms with Crippen LogP contribution in [0.15, 0.2) is 24.3 Å². The quantitative estimate of drug-likeness (QED) is 0.798. The van der Waals surface area contributed by atoms with Crippen molar-refractivity contribution in [1.29, 1.82) is 0 Å². The average molecular weight is 246 g/mol. The normalized spacial score (nSPS) is 10.3. The molecule has 0 amide bonds. The van der Waals surface area contributed by atoms with E-state index in [0.29, 0.717) is 11.1 Å². The lowest BCUT2D eigenvalue weighted by Gasteiger charge is -2.19.